The van der Waals surface area contributed by atoms with Gasteiger partial charge in [0, 0.05) is 0 Å². The highest BCUT2D eigenvalue weighted by atomic mass is 16.5. The molecule has 0 bridgehead atoms. The van der Waals surface area contributed by atoms with Crippen molar-refractivity contribution >= 4 is 0 Å². The van der Waals surface area contributed by atoms with Crippen molar-refractivity contribution in [2.75, 3.05) is 6.61 Å². The Morgan fingerprint density at radius 2 is 2.00 bits per heavy atom. The molecule has 1 aromatic rings. The molecular weight excluding hydrogens is 224 g/mol. The molecule has 0 radical (unpaired) electrons. The Bertz CT molecular complexity index is 352. The van der Waals surface area contributed by atoms with Crippen LogP contribution in [-0.4, -0.2) is 11.7 Å². The van der Waals surface area contributed by atoms with E-state index in [0.717, 1.165) is 30.6 Å². The highest BCUT2D eigenvalue weighted by Gasteiger charge is 2.13. The first-order valence-corrected chi connectivity index (χ1v) is 6.83. The van der Waals surface area contributed by atoms with Gasteiger partial charge in [0.2, 0.25) is 0 Å². The van der Waals surface area contributed by atoms with E-state index < -0.39 is 0 Å². The van der Waals surface area contributed by atoms with Crippen LogP contribution in [0.15, 0.2) is 24.3 Å². The smallest absolute Gasteiger partial charge is 0.119 e. The number of hydrogen-bond donors (Lipinski definition) is 1. The van der Waals surface area contributed by atoms with Crippen LogP contribution in [0, 0.1) is 5.41 Å². The van der Waals surface area contributed by atoms with E-state index in [4.69, 9.17) is 4.74 Å². The average Bonchev–Trinajstić information content (AvgIpc) is 2.28. The van der Waals surface area contributed by atoms with Gasteiger partial charge in [-0.2, -0.15) is 0 Å². The van der Waals surface area contributed by atoms with Crippen LogP contribution in [0.4, 0.5) is 0 Å². The summed E-state index contributed by atoms with van der Waals surface area (Å²) < 4.78 is 5.44. The van der Waals surface area contributed by atoms with Crippen LogP contribution in [0.5, 0.6) is 5.75 Å². The van der Waals surface area contributed by atoms with E-state index in [1.807, 2.05) is 31.2 Å². The molecule has 0 amide bonds. The van der Waals surface area contributed by atoms with E-state index in [0.29, 0.717) is 12.0 Å². The van der Waals surface area contributed by atoms with Gasteiger partial charge in [-0.05, 0) is 42.9 Å². The Morgan fingerprint density at radius 1 is 1.28 bits per heavy atom. The first-order valence-electron chi connectivity index (χ1n) is 6.83. The summed E-state index contributed by atoms with van der Waals surface area (Å²) in [5.41, 5.74) is 1.29. The van der Waals surface area contributed by atoms with Crippen LogP contribution in [0.3, 0.4) is 0 Å². The zero-order chi connectivity index (χ0) is 13.6. The lowest BCUT2D eigenvalue weighted by Gasteiger charge is -2.19. The summed E-state index contributed by atoms with van der Waals surface area (Å²) >= 11 is 0. The molecule has 1 N–H and O–H groups in total. The molecule has 0 aromatic heterocycles. The van der Waals surface area contributed by atoms with E-state index in [1.54, 1.807) is 0 Å². The summed E-state index contributed by atoms with van der Waals surface area (Å²) in [5, 5.41) is 10.2. The van der Waals surface area contributed by atoms with Gasteiger partial charge in [-0.3, -0.25) is 0 Å². The summed E-state index contributed by atoms with van der Waals surface area (Å²) in [4.78, 5) is 0. The molecule has 102 valence electrons. The summed E-state index contributed by atoms with van der Waals surface area (Å²) in [6.45, 7) is 9.31. The lowest BCUT2D eigenvalue weighted by atomic mass is 9.88. The molecule has 2 heteroatoms. The Labute approximate surface area is 111 Å². The summed E-state index contributed by atoms with van der Waals surface area (Å²) in [6.07, 6.45) is 2.61. The third-order valence-electron chi connectivity index (χ3n) is 2.96. The molecule has 1 rings (SSSR count). The molecule has 0 fully saturated rings. The number of benzene rings is 1. The average molecular weight is 250 g/mol. The van der Waals surface area contributed by atoms with E-state index in [2.05, 4.69) is 20.8 Å². The fraction of sp³-hybridized carbons (Fsp3) is 0.625. The minimum Gasteiger partial charge on any atom is -0.494 e. The molecule has 0 aliphatic carbocycles. The van der Waals surface area contributed by atoms with Crippen molar-refractivity contribution in [1.29, 1.82) is 0 Å². The van der Waals surface area contributed by atoms with Crippen molar-refractivity contribution in [3.8, 4) is 5.75 Å². The van der Waals surface area contributed by atoms with Gasteiger partial charge in [0.1, 0.15) is 5.75 Å². The third kappa shape index (κ3) is 5.54. The fourth-order valence-corrected chi connectivity index (χ4v) is 1.97. The molecule has 0 aliphatic heterocycles. The van der Waals surface area contributed by atoms with Gasteiger partial charge >= 0.3 is 0 Å². The second kappa shape index (κ2) is 6.79. The number of aliphatic hydroxyl groups excluding tert-OH is 1. The van der Waals surface area contributed by atoms with Gasteiger partial charge in [0.25, 0.3) is 0 Å². The number of ether oxygens (including phenoxy) is 1. The predicted molar refractivity (Wildman–Crippen MR) is 75.9 cm³/mol. The molecule has 1 atom stereocenters. The topological polar surface area (TPSA) is 29.5 Å². The molecule has 0 aliphatic rings. The van der Waals surface area contributed by atoms with E-state index in [1.165, 1.54) is 0 Å². The number of aliphatic hydroxyl groups is 1. The van der Waals surface area contributed by atoms with Crippen LogP contribution >= 0.6 is 0 Å². The van der Waals surface area contributed by atoms with Gasteiger partial charge in [-0.25, -0.2) is 0 Å². The molecule has 1 aromatic carbocycles. The first kappa shape index (κ1) is 15.0. The molecule has 0 saturated carbocycles. The summed E-state index contributed by atoms with van der Waals surface area (Å²) in [7, 11) is 0. The Morgan fingerprint density at radius 3 is 2.61 bits per heavy atom. The van der Waals surface area contributed by atoms with Crippen LogP contribution in [0.25, 0.3) is 0 Å². The van der Waals surface area contributed by atoms with Crippen molar-refractivity contribution in [1.82, 2.24) is 0 Å². The lowest BCUT2D eigenvalue weighted by molar-refractivity contribution is 0.157. The first-order chi connectivity index (χ1) is 8.42. The second-order valence-corrected chi connectivity index (χ2v) is 5.97. The zero-order valence-corrected chi connectivity index (χ0v) is 12.1. The highest BCUT2D eigenvalue weighted by Crippen LogP contribution is 2.27. The Balaban J connectivity index is 2.50. The predicted octanol–water partition coefficient (Wildman–Crippen LogP) is 4.34. The normalized spacial score (nSPS) is 13.4. The SMILES string of the molecule is CCOc1cccc(C(O)CCCC(C)(C)C)c1. The molecular formula is C16H26O2. The number of rotatable bonds is 6. The molecule has 0 saturated heterocycles. The van der Waals surface area contributed by atoms with Crippen molar-refractivity contribution in [3.05, 3.63) is 29.8 Å². The van der Waals surface area contributed by atoms with Crippen molar-refractivity contribution in [2.45, 2.75) is 53.1 Å². The van der Waals surface area contributed by atoms with Crippen LogP contribution < -0.4 is 4.74 Å². The minimum absolute atomic E-state index is 0.340. The zero-order valence-electron chi connectivity index (χ0n) is 12.1. The van der Waals surface area contributed by atoms with Crippen LogP contribution in [0.1, 0.15) is 58.6 Å². The van der Waals surface area contributed by atoms with Crippen LogP contribution in [-0.2, 0) is 0 Å². The van der Waals surface area contributed by atoms with Gasteiger partial charge in [-0.15, -0.1) is 0 Å². The monoisotopic (exact) mass is 250 g/mol. The van der Waals surface area contributed by atoms with Gasteiger partial charge in [0.05, 0.1) is 12.7 Å². The molecule has 2 nitrogen and oxygen atoms in total. The van der Waals surface area contributed by atoms with E-state index in [9.17, 15) is 5.11 Å². The number of hydrogen-bond acceptors (Lipinski definition) is 2. The standard InChI is InChI=1S/C16H26O2/c1-5-18-14-9-6-8-13(12-14)15(17)10-7-11-16(2,3)4/h6,8-9,12,15,17H,5,7,10-11H2,1-4H3. The highest BCUT2D eigenvalue weighted by molar-refractivity contribution is 5.29. The molecule has 0 spiro atoms. The Kier molecular flexibility index (Phi) is 5.67. The molecule has 18 heavy (non-hydrogen) atoms. The van der Waals surface area contributed by atoms with E-state index >= 15 is 0 Å². The quantitative estimate of drug-likeness (QED) is 0.814. The Hall–Kier alpha value is -1.02. The fourth-order valence-electron chi connectivity index (χ4n) is 1.97. The molecule has 0 heterocycles. The van der Waals surface area contributed by atoms with Crippen molar-refractivity contribution < 1.29 is 9.84 Å². The van der Waals surface area contributed by atoms with Crippen LogP contribution in [0.2, 0.25) is 0 Å². The maximum absolute atomic E-state index is 10.2. The van der Waals surface area contributed by atoms with Gasteiger partial charge in [0.15, 0.2) is 0 Å². The van der Waals surface area contributed by atoms with Crippen molar-refractivity contribution in [2.24, 2.45) is 5.41 Å². The van der Waals surface area contributed by atoms with Gasteiger partial charge in [-0.1, -0.05) is 39.3 Å². The molecule has 1 unspecified atom stereocenters. The van der Waals surface area contributed by atoms with E-state index in [-0.39, 0.29) is 6.10 Å². The maximum Gasteiger partial charge on any atom is 0.119 e. The third-order valence-corrected chi connectivity index (χ3v) is 2.96. The lowest BCUT2D eigenvalue weighted by Crippen LogP contribution is -2.06. The second-order valence-electron chi connectivity index (χ2n) is 5.97. The summed E-state index contributed by atoms with van der Waals surface area (Å²) in [5.74, 6) is 0.838. The summed E-state index contributed by atoms with van der Waals surface area (Å²) in [6, 6.07) is 7.76. The van der Waals surface area contributed by atoms with Gasteiger partial charge < -0.3 is 9.84 Å². The minimum atomic E-state index is -0.382. The largest absolute Gasteiger partial charge is 0.494 e. The maximum atomic E-state index is 10.2. The van der Waals surface area contributed by atoms with Crippen molar-refractivity contribution in [3.63, 3.8) is 0 Å².